The molecule has 0 radical (unpaired) electrons. The van der Waals surface area contributed by atoms with Gasteiger partial charge < -0.3 is 15.2 Å². The summed E-state index contributed by atoms with van der Waals surface area (Å²) in [5, 5.41) is 11.5. The lowest BCUT2D eigenvalue weighted by Gasteiger charge is -2.05. The number of nitrogens with one attached hydrogen (secondary N) is 1. The van der Waals surface area contributed by atoms with Crippen molar-refractivity contribution in [2.24, 2.45) is 0 Å². The van der Waals surface area contributed by atoms with Crippen LogP contribution < -0.4 is 5.32 Å². The first-order valence-electron chi connectivity index (χ1n) is 7.19. The molecule has 120 valence electrons. The quantitative estimate of drug-likeness (QED) is 0.860. The highest BCUT2D eigenvalue weighted by atomic mass is 19.1. The Morgan fingerprint density at radius 3 is 2.70 bits per heavy atom. The molecule has 2 rings (SSSR count). The fraction of sp³-hybridized carbons (Fsp3) is 0.167. The van der Waals surface area contributed by atoms with E-state index < -0.39 is 11.9 Å². The van der Waals surface area contributed by atoms with Crippen molar-refractivity contribution in [3.63, 3.8) is 0 Å². The van der Waals surface area contributed by atoms with Crippen molar-refractivity contribution in [1.29, 1.82) is 0 Å². The maximum atomic E-state index is 13.5. The summed E-state index contributed by atoms with van der Waals surface area (Å²) < 4.78 is 18.5. The largest absolute Gasteiger partial charge is 0.445 e. The van der Waals surface area contributed by atoms with Crippen LogP contribution in [0.3, 0.4) is 0 Å². The van der Waals surface area contributed by atoms with Crippen LogP contribution in [0.5, 0.6) is 0 Å². The maximum absolute atomic E-state index is 13.5. The Balaban J connectivity index is 1.73. The third-order valence-electron chi connectivity index (χ3n) is 3.13. The SMILES string of the molecule is O=C(NCC=Cc1ccc(CO)c(F)c1)OCc1ccccc1. The van der Waals surface area contributed by atoms with Crippen molar-refractivity contribution in [3.05, 3.63) is 77.1 Å². The lowest BCUT2D eigenvalue weighted by Crippen LogP contribution is -2.24. The van der Waals surface area contributed by atoms with Crippen LogP contribution in [0.2, 0.25) is 0 Å². The van der Waals surface area contributed by atoms with E-state index in [9.17, 15) is 9.18 Å². The maximum Gasteiger partial charge on any atom is 0.407 e. The number of ether oxygens (including phenoxy) is 1. The number of rotatable bonds is 6. The van der Waals surface area contributed by atoms with Crippen molar-refractivity contribution >= 4 is 12.2 Å². The Kier molecular flexibility index (Phi) is 6.32. The predicted octanol–water partition coefficient (Wildman–Crippen LogP) is 3.26. The molecule has 0 saturated heterocycles. The molecule has 0 spiro atoms. The van der Waals surface area contributed by atoms with Gasteiger partial charge in [0.05, 0.1) is 6.61 Å². The third-order valence-corrected chi connectivity index (χ3v) is 3.13. The van der Waals surface area contributed by atoms with Crippen molar-refractivity contribution in [3.8, 4) is 0 Å². The van der Waals surface area contributed by atoms with Crippen LogP contribution in [0.1, 0.15) is 16.7 Å². The summed E-state index contributed by atoms with van der Waals surface area (Å²) in [4.78, 5) is 11.5. The Labute approximate surface area is 134 Å². The summed E-state index contributed by atoms with van der Waals surface area (Å²) in [6.45, 7) is 0.159. The van der Waals surface area contributed by atoms with Gasteiger partial charge in [0.2, 0.25) is 0 Å². The van der Waals surface area contributed by atoms with Gasteiger partial charge in [0.15, 0.2) is 0 Å². The van der Waals surface area contributed by atoms with Gasteiger partial charge in [0.25, 0.3) is 0 Å². The van der Waals surface area contributed by atoms with Crippen molar-refractivity contribution in [1.82, 2.24) is 5.32 Å². The van der Waals surface area contributed by atoms with Gasteiger partial charge in [-0.2, -0.15) is 0 Å². The fourth-order valence-corrected chi connectivity index (χ4v) is 1.91. The molecule has 0 bridgehead atoms. The van der Waals surface area contributed by atoms with Gasteiger partial charge in [-0.25, -0.2) is 9.18 Å². The van der Waals surface area contributed by atoms with Crippen LogP contribution in [-0.4, -0.2) is 17.7 Å². The number of alkyl carbamates (subject to hydrolysis) is 1. The number of aliphatic hydroxyl groups excluding tert-OH is 1. The van der Waals surface area contributed by atoms with Gasteiger partial charge in [0, 0.05) is 12.1 Å². The minimum Gasteiger partial charge on any atom is -0.445 e. The Hall–Kier alpha value is -2.66. The van der Waals surface area contributed by atoms with Crippen LogP contribution >= 0.6 is 0 Å². The van der Waals surface area contributed by atoms with E-state index in [1.807, 2.05) is 30.3 Å². The average Bonchev–Trinajstić information content (AvgIpc) is 2.58. The molecule has 0 atom stereocenters. The summed E-state index contributed by atoms with van der Waals surface area (Å²) in [5.74, 6) is -0.454. The fourth-order valence-electron chi connectivity index (χ4n) is 1.91. The number of benzene rings is 2. The molecule has 5 heteroatoms. The number of hydrogen-bond donors (Lipinski definition) is 2. The van der Waals surface area contributed by atoms with E-state index in [0.29, 0.717) is 5.56 Å². The first-order valence-corrected chi connectivity index (χ1v) is 7.19. The predicted molar refractivity (Wildman–Crippen MR) is 86.0 cm³/mol. The standard InChI is InChI=1S/C18H18FNO3/c19-17-11-14(8-9-16(17)12-21)7-4-10-20-18(22)23-13-15-5-2-1-3-6-15/h1-9,11,21H,10,12-13H2,(H,20,22). The second-order valence-electron chi connectivity index (χ2n) is 4.85. The molecular weight excluding hydrogens is 297 g/mol. The topological polar surface area (TPSA) is 58.6 Å². The zero-order chi connectivity index (χ0) is 16.5. The molecule has 0 aliphatic heterocycles. The Bertz CT molecular complexity index is 671. The number of carbonyl (C=O) groups is 1. The number of aliphatic hydroxyl groups is 1. The van der Waals surface area contributed by atoms with Gasteiger partial charge in [-0.1, -0.05) is 54.6 Å². The number of halogens is 1. The molecule has 23 heavy (non-hydrogen) atoms. The summed E-state index contributed by atoms with van der Waals surface area (Å²) in [6, 6.07) is 13.9. The van der Waals surface area contributed by atoms with E-state index in [1.165, 1.54) is 12.1 Å². The molecule has 0 unspecified atom stereocenters. The van der Waals surface area contributed by atoms with E-state index in [2.05, 4.69) is 5.32 Å². The first-order chi connectivity index (χ1) is 11.2. The summed E-state index contributed by atoms with van der Waals surface area (Å²) in [7, 11) is 0. The molecule has 0 aromatic heterocycles. The molecule has 2 aromatic carbocycles. The number of carbonyl (C=O) groups excluding carboxylic acids is 1. The lowest BCUT2D eigenvalue weighted by atomic mass is 10.1. The normalized spacial score (nSPS) is 10.7. The molecule has 0 fully saturated rings. The Morgan fingerprint density at radius 1 is 1.22 bits per heavy atom. The van der Waals surface area contributed by atoms with E-state index >= 15 is 0 Å². The van der Waals surface area contributed by atoms with Gasteiger partial charge in [-0.15, -0.1) is 0 Å². The van der Waals surface area contributed by atoms with E-state index in [0.717, 1.165) is 5.56 Å². The number of amides is 1. The Morgan fingerprint density at radius 2 is 2.00 bits per heavy atom. The molecule has 2 N–H and O–H groups in total. The number of hydrogen-bond acceptors (Lipinski definition) is 3. The van der Waals surface area contributed by atoms with Crippen molar-refractivity contribution in [2.75, 3.05) is 6.54 Å². The smallest absolute Gasteiger partial charge is 0.407 e. The second-order valence-corrected chi connectivity index (χ2v) is 4.85. The molecule has 0 heterocycles. The van der Waals surface area contributed by atoms with Gasteiger partial charge in [-0.3, -0.25) is 0 Å². The van der Waals surface area contributed by atoms with E-state index in [1.54, 1.807) is 18.2 Å². The van der Waals surface area contributed by atoms with Crippen LogP contribution in [0.25, 0.3) is 6.08 Å². The molecule has 2 aromatic rings. The molecule has 4 nitrogen and oxygen atoms in total. The highest BCUT2D eigenvalue weighted by Gasteiger charge is 2.01. The van der Waals surface area contributed by atoms with E-state index in [-0.39, 0.29) is 25.3 Å². The molecule has 0 aliphatic carbocycles. The minimum atomic E-state index is -0.514. The highest BCUT2D eigenvalue weighted by Crippen LogP contribution is 2.11. The second kappa shape index (κ2) is 8.70. The van der Waals surface area contributed by atoms with E-state index in [4.69, 9.17) is 9.84 Å². The van der Waals surface area contributed by atoms with Gasteiger partial charge in [0.1, 0.15) is 12.4 Å². The van der Waals surface area contributed by atoms with Gasteiger partial charge >= 0.3 is 6.09 Å². The average molecular weight is 315 g/mol. The minimum absolute atomic E-state index is 0.213. The van der Waals surface area contributed by atoms with Crippen LogP contribution in [0, 0.1) is 5.82 Å². The molecule has 0 aliphatic rings. The van der Waals surface area contributed by atoms with Crippen LogP contribution in [0.15, 0.2) is 54.6 Å². The molecule has 1 amide bonds. The van der Waals surface area contributed by atoms with Crippen molar-refractivity contribution < 1.29 is 19.0 Å². The highest BCUT2D eigenvalue weighted by molar-refractivity contribution is 5.67. The van der Waals surface area contributed by atoms with Gasteiger partial charge in [-0.05, 0) is 17.2 Å². The summed E-state index contributed by atoms with van der Waals surface area (Å²) in [5.41, 5.74) is 1.82. The lowest BCUT2D eigenvalue weighted by molar-refractivity contribution is 0.141. The van der Waals surface area contributed by atoms with Crippen LogP contribution in [0.4, 0.5) is 9.18 Å². The monoisotopic (exact) mass is 315 g/mol. The zero-order valence-electron chi connectivity index (χ0n) is 12.5. The van der Waals surface area contributed by atoms with Crippen LogP contribution in [-0.2, 0) is 18.0 Å². The third kappa shape index (κ3) is 5.56. The molecular formula is C18H18FNO3. The summed E-state index contributed by atoms with van der Waals surface area (Å²) in [6.07, 6.45) is 2.86. The summed E-state index contributed by atoms with van der Waals surface area (Å²) >= 11 is 0. The first kappa shape index (κ1) is 16.7. The molecule has 0 saturated carbocycles. The van der Waals surface area contributed by atoms with Crippen molar-refractivity contribution in [2.45, 2.75) is 13.2 Å². The zero-order valence-corrected chi connectivity index (χ0v) is 12.5.